The average Bonchev–Trinajstić information content (AvgIpc) is 3.84. The summed E-state index contributed by atoms with van der Waals surface area (Å²) in [5.41, 5.74) is 5.61. The molecule has 10 nitrogen and oxygen atoms in total. The van der Waals surface area contributed by atoms with Crippen molar-refractivity contribution in [2.24, 2.45) is 0 Å². The number of rotatable bonds is 11. The number of amides is 1. The topological polar surface area (TPSA) is 134 Å². The molecular weight excluding hydrogens is 480 g/mol. The third-order valence-corrected chi connectivity index (χ3v) is 7.40. The lowest BCUT2D eigenvalue weighted by molar-refractivity contribution is 0.0737. The van der Waals surface area contributed by atoms with E-state index in [0.717, 1.165) is 36.2 Å². The van der Waals surface area contributed by atoms with Crippen LogP contribution >= 0.6 is 0 Å². The molecular formula is C28H34N8O2. The molecule has 2 saturated carbocycles. The number of hydrogen-bond acceptors (Lipinski definition) is 7. The second kappa shape index (κ2) is 9.90. The summed E-state index contributed by atoms with van der Waals surface area (Å²) in [6.07, 6.45) is 11.2. The number of carbonyl (C=O) groups excluding carboxylic acids is 1. The number of aromatic amines is 1. The van der Waals surface area contributed by atoms with E-state index in [1.165, 1.54) is 42.3 Å². The summed E-state index contributed by atoms with van der Waals surface area (Å²) in [5.74, 6) is 1.11. The standard InChI is InChI=1S/C28H34N8O2/c1-28(2,38)23-11-6-17(14-29-23)15-30-27(37)22-16-36(35-33-22)12-4-3-5-20-13-21-24(18-7-8-18)25(19-9-10-19)31-26(21)34-32-20/h6,11,13-14,16,18-19,38H,3-5,7-10,12,15H2,1-2H3,(H,30,37)(H,31,34). The van der Waals surface area contributed by atoms with Crippen molar-refractivity contribution in [1.29, 1.82) is 0 Å². The van der Waals surface area contributed by atoms with Crippen LogP contribution in [0.5, 0.6) is 0 Å². The summed E-state index contributed by atoms with van der Waals surface area (Å²) >= 11 is 0. The van der Waals surface area contributed by atoms with Crippen molar-refractivity contribution in [3.8, 4) is 0 Å². The zero-order valence-electron chi connectivity index (χ0n) is 21.9. The van der Waals surface area contributed by atoms with Crippen LogP contribution in [0.15, 0.2) is 30.6 Å². The number of aliphatic hydroxyl groups is 1. The van der Waals surface area contributed by atoms with Crippen LogP contribution in [0.2, 0.25) is 0 Å². The van der Waals surface area contributed by atoms with Crippen LogP contribution < -0.4 is 5.32 Å². The third kappa shape index (κ3) is 5.45. The number of fused-ring (bicyclic) bond motifs is 1. The molecule has 3 N–H and O–H groups in total. The zero-order valence-corrected chi connectivity index (χ0v) is 21.9. The molecule has 2 aliphatic carbocycles. The van der Waals surface area contributed by atoms with Gasteiger partial charge >= 0.3 is 0 Å². The van der Waals surface area contributed by atoms with Crippen molar-refractivity contribution in [1.82, 2.24) is 40.5 Å². The highest BCUT2D eigenvalue weighted by molar-refractivity contribution is 5.91. The first-order valence-electron chi connectivity index (χ1n) is 13.6. The van der Waals surface area contributed by atoms with Gasteiger partial charge < -0.3 is 15.4 Å². The first-order valence-corrected chi connectivity index (χ1v) is 13.6. The molecule has 0 saturated heterocycles. The largest absolute Gasteiger partial charge is 0.384 e. The third-order valence-electron chi connectivity index (χ3n) is 7.40. The van der Waals surface area contributed by atoms with E-state index in [2.05, 4.69) is 41.9 Å². The number of carbonyl (C=O) groups is 1. The Morgan fingerprint density at radius 3 is 2.66 bits per heavy atom. The molecule has 198 valence electrons. The fourth-order valence-electron chi connectivity index (χ4n) is 4.95. The normalized spacial score (nSPS) is 15.8. The van der Waals surface area contributed by atoms with E-state index in [4.69, 9.17) is 0 Å². The van der Waals surface area contributed by atoms with E-state index in [-0.39, 0.29) is 11.6 Å². The zero-order chi connectivity index (χ0) is 26.3. The van der Waals surface area contributed by atoms with E-state index in [9.17, 15) is 9.90 Å². The first-order chi connectivity index (χ1) is 18.3. The lowest BCUT2D eigenvalue weighted by Gasteiger charge is -2.16. The number of nitrogens with one attached hydrogen (secondary N) is 2. The average molecular weight is 515 g/mol. The monoisotopic (exact) mass is 514 g/mol. The SMILES string of the molecule is CC(C)(O)c1ccc(CNC(=O)c2cn(CCCCc3cc4c(C5CC5)c(C5CC5)[nH]c4nn3)nn2)cn1. The summed E-state index contributed by atoms with van der Waals surface area (Å²) in [5, 5.41) is 31.2. The number of unbranched alkanes of at least 4 members (excludes halogenated alkanes) is 1. The van der Waals surface area contributed by atoms with Crippen LogP contribution in [0.25, 0.3) is 11.0 Å². The number of H-pyrrole nitrogens is 1. The van der Waals surface area contributed by atoms with E-state index in [0.29, 0.717) is 30.6 Å². The Balaban J connectivity index is 0.986. The predicted octanol–water partition coefficient (Wildman–Crippen LogP) is 3.88. The molecule has 2 aliphatic rings. The van der Waals surface area contributed by atoms with Gasteiger partial charge in [0.25, 0.3) is 5.91 Å². The molecule has 0 unspecified atom stereocenters. The molecule has 0 bridgehead atoms. The molecule has 6 rings (SSSR count). The van der Waals surface area contributed by atoms with Gasteiger partial charge in [0.1, 0.15) is 5.60 Å². The van der Waals surface area contributed by atoms with Gasteiger partial charge in [0, 0.05) is 30.4 Å². The highest BCUT2D eigenvalue weighted by atomic mass is 16.3. The van der Waals surface area contributed by atoms with Gasteiger partial charge in [-0.3, -0.25) is 14.5 Å². The van der Waals surface area contributed by atoms with Crippen LogP contribution in [-0.2, 0) is 25.1 Å². The lowest BCUT2D eigenvalue weighted by Crippen LogP contribution is -2.23. The van der Waals surface area contributed by atoms with Crippen LogP contribution in [-0.4, -0.2) is 46.2 Å². The molecule has 38 heavy (non-hydrogen) atoms. The first kappa shape index (κ1) is 24.7. The molecule has 0 atom stereocenters. The minimum Gasteiger partial charge on any atom is -0.384 e. The van der Waals surface area contributed by atoms with E-state index in [1.807, 2.05) is 6.07 Å². The molecule has 4 aromatic heterocycles. The Kier molecular flexibility index (Phi) is 6.43. The summed E-state index contributed by atoms with van der Waals surface area (Å²) in [4.78, 5) is 20.3. The summed E-state index contributed by atoms with van der Waals surface area (Å²) < 4.78 is 1.71. The number of pyridine rings is 1. The van der Waals surface area contributed by atoms with Gasteiger partial charge in [-0.15, -0.1) is 10.2 Å². The smallest absolute Gasteiger partial charge is 0.273 e. The Bertz CT molecular complexity index is 1440. The van der Waals surface area contributed by atoms with Gasteiger partial charge in [-0.25, -0.2) is 0 Å². The second-order valence-corrected chi connectivity index (χ2v) is 11.2. The fraction of sp³-hybridized carbons (Fsp3) is 0.500. The Morgan fingerprint density at radius 2 is 1.95 bits per heavy atom. The molecule has 2 fully saturated rings. The van der Waals surface area contributed by atoms with Crippen molar-refractivity contribution < 1.29 is 9.90 Å². The minimum absolute atomic E-state index is 0.282. The number of nitrogens with zero attached hydrogens (tertiary/aromatic N) is 6. The number of hydrogen-bond donors (Lipinski definition) is 3. The van der Waals surface area contributed by atoms with Crippen molar-refractivity contribution in [3.63, 3.8) is 0 Å². The number of aryl methyl sites for hydroxylation is 2. The lowest BCUT2D eigenvalue weighted by atomic mass is 10.0. The maximum atomic E-state index is 12.5. The summed E-state index contributed by atoms with van der Waals surface area (Å²) in [6.45, 7) is 4.37. The van der Waals surface area contributed by atoms with Crippen molar-refractivity contribution in [2.75, 3.05) is 0 Å². The second-order valence-electron chi connectivity index (χ2n) is 11.2. The molecule has 0 spiro atoms. The van der Waals surface area contributed by atoms with Gasteiger partial charge in [0.05, 0.1) is 17.6 Å². The Hall–Kier alpha value is -3.66. The highest BCUT2D eigenvalue weighted by Crippen LogP contribution is 2.51. The number of aromatic nitrogens is 7. The van der Waals surface area contributed by atoms with Crippen molar-refractivity contribution in [3.05, 3.63) is 64.5 Å². The molecule has 4 heterocycles. The van der Waals surface area contributed by atoms with Gasteiger partial charge in [-0.2, -0.15) is 5.10 Å². The Labute approximate surface area is 221 Å². The molecule has 1 amide bonds. The van der Waals surface area contributed by atoms with Crippen LogP contribution in [0.1, 0.15) is 103 Å². The molecule has 0 aromatic carbocycles. The van der Waals surface area contributed by atoms with Gasteiger partial charge in [0.2, 0.25) is 0 Å². The van der Waals surface area contributed by atoms with Gasteiger partial charge in [0.15, 0.2) is 11.3 Å². The fourth-order valence-corrected chi connectivity index (χ4v) is 4.95. The van der Waals surface area contributed by atoms with Gasteiger partial charge in [-0.1, -0.05) is 11.3 Å². The highest BCUT2D eigenvalue weighted by Gasteiger charge is 2.36. The summed E-state index contributed by atoms with van der Waals surface area (Å²) in [6, 6.07) is 5.84. The van der Waals surface area contributed by atoms with Crippen LogP contribution in [0.4, 0.5) is 0 Å². The molecule has 4 aromatic rings. The quantitative estimate of drug-likeness (QED) is 0.259. The van der Waals surface area contributed by atoms with Crippen LogP contribution in [0.3, 0.4) is 0 Å². The van der Waals surface area contributed by atoms with Crippen LogP contribution in [0, 0.1) is 0 Å². The van der Waals surface area contributed by atoms with Gasteiger partial charge in [-0.05, 0) is 93.9 Å². The van der Waals surface area contributed by atoms with E-state index >= 15 is 0 Å². The van der Waals surface area contributed by atoms with Crippen molar-refractivity contribution >= 4 is 16.9 Å². The summed E-state index contributed by atoms with van der Waals surface area (Å²) in [7, 11) is 0. The molecule has 10 heteroatoms. The van der Waals surface area contributed by atoms with Crippen molar-refractivity contribution in [2.45, 2.75) is 89.3 Å². The maximum Gasteiger partial charge on any atom is 0.273 e. The maximum absolute atomic E-state index is 12.5. The predicted molar refractivity (Wildman–Crippen MR) is 141 cm³/mol. The molecule has 0 radical (unpaired) electrons. The van der Waals surface area contributed by atoms with E-state index < -0.39 is 5.60 Å². The Morgan fingerprint density at radius 1 is 1.13 bits per heavy atom. The minimum atomic E-state index is -0.997. The van der Waals surface area contributed by atoms with E-state index in [1.54, 1.807) is 37.0 Å². The molecule has 0 aliphatic heterocycles.